The summed E-state index contributed by atoms with van der Waals surface area (Å²) in [5.41, 5.74) is 1.07. The molecule has 0 saturated heterocycles. The third-order valence-electron chi connectivity index (χ3n) is 2.57. The summed E-state index contributed by atoms with van der Waals surface area (Å²) in [6.07, 6.45) is 0. The highest BCUT2D eigenvalue weighted by atomic mass is 19.1. The molecule has 0 unspecified atom stereocenters. The van der Waals surface area contributed by atoms with Crippen molar-refractivity contribution in [3.8, 4) is 0 Å². The van der Waals surface area contributed by atoms with E-state index < -0.39 is 0 Å². The highest BCUT2D eigenvalue weighted by molar-refractivity contribution is 6.06. The number of benzene rings is 1. The van der Waals surface area contributed by atoms with Crippen LogP contribution >= 0.6 is 0 Å². The van der Waals surface area contributed by atoms with E-state index in [1.54, 1.807) is 13.1 Å². The molecule has 1 heterocycles. The number of Topliss-reactive ketones (excluding diaryl/α,β-unsaturated/α-hetero) is 1. The van der Waals surface area contributed by atoms with Crippen LogP contribution in [-0.4, -0.2) is 15.6 Å². The quantitative estimate of drug-likeness (QED) is 0.729. The molecule has 3 nitrogen and oxygen atoms in total. The molecule has 0 saturated carbocycles. The van der Waals surface area contributed by atoms with Crippen LogP contribution in [0.4, 0.5) is 4.39 Å². The maximum Gasteiger partial charge on any atom is 0.186 e. The van der Waals surface area contributed by atoms with Crippen molar-refractivity contribution in [3.05, 3.63) is 29.7 Å². The summed E-state index contributed by atoms with van der Waals surface area (Å²) in [5, 5.41) is 4.86. The van der Waals surface area contributed by atoms with Gasteiger partial charge in [-0.25, -0.2) is 4.39 Å². The van der Waals surface area contributed by atoms with E-state index in [4.69, 9.17) is 0 Å². The van der Waals surface area contributed by atoms with Crippen LogP contribution in [0.25, 0.3) is 10.9 Å². The van der Waals surface area contributed by atoms with Crippen LogP contribution in [0.1, 0.15) is 24.3 Å². The van der Waals surface area contributed by atoms with E-state index in [1.807, 2.05) is 13.8 Å². The van der Waals surface area contributed by atoms with E-state index in [0.29, 0.717) is 16.6 Å². The van der Waals surface area contributed by atoms with Crippen molar-refractivity contribution < 1.29 is 9.18 Å². The fourth-order valence-corrected chi connectivity index (χ4v) is 1.69. The maximum atomic E-state index is 13.1. The van der Waals surface area contributed by atoms with Gasteiger partial charge in [0.1, 0.15) is 11.5 Å². The topological polar surface area (TPSA) is 34.9 Å². The molecule has 4 heteroatoms. The molecule has 0 spiro atoms. The van der Waals surface area contributed by atoms with E-state index in [1.165, 1.54) is 16.8 Å². The first-order valence-electron chi connectivity index (χ1n) is 5.17. The molecular formula is C12H13FN2O. The van der Waals surface area contributed by atoms with Crippen molar-refractivity contribution in [2.75, 3.05) is 0 Å². The normalized spacial score (nSPS) is 11.3. The summed E-state index contributed by atoms with van der Waals surface area (Å²) in [4.78, 5) is 11.9. The Hall–Kier alpha value is -1.71. The van der Waals surface area contributed by atoms with Gasteiger partial charge in [-0.3, -0.25) is 9.48 Å². The van der Waals surface area contributed by atoms with Gasteiger partial charge in [-0.1, -0.05) is 13.8 Å². The van der Waals surface area contributed by atoms with Gasteiger partial charge in [0.2, 0.25) is 0 Å². The van der Waals surface area contributed by atoms with Crippen LogP contribution in [0.5, 0.6) is 0 Å². The molecule has 0 aliphatic carbocycles. The molecular weight excluding hydrogens is 207 g/mol. The zero-order valence-corrected chi connectivity index (χ0v) is 9.49. The molecule has 2 rings (SSSR count). The van der Waals surface area contributed by atoms with E-state index >= 15 is 0 Å². The molecule has 0 atom stereocenters. The Balaban J connectivity index is 2.69. The summed E-state index contributed by atoms with van der Waals surface area (Å²) in [7, 11) is 1.71. The van der Waals surface area contributed by atoms with Gasteiger partial charge >= 0.3 is 0 Å². The standard InChI is InChI=1S/C12H13FN2O/c1-7(2)12(16)11-9-5-4-8(13)6-10(9)15(3)14-11/h4-7H,1-3H3. The zero-order valence-electron chi connectivity index (χ0n) is 9.49. The molecule has 1 aromatic carbocycles. The van der Waals surface area contributed by atoms with Gasteiger partial charge in [-0.15, -0.1) is 0 Å². The predicted molar refractivity (Wildman–Crippen MR) is 59.8 cm³/mol. The monoisotopic (exact) mass is 220 g/mol. The van der Waals surface area contributed by atoms with Crippen molar-refractivity contribution in [1.29, 1.82) is 0 Å². The molecule has 0 aliphatic rings. The van der Waals surface area contributed by atoms with Crippen LogP contribution in [0.15, 0.2) is 18.2 Å². The van der Waals surface area contributed by atoms with Gasteiger partial charge in [0.25, 0.3) is 0 Å². The fraction of sp³-hybridized carbons (Fsp3) is 0.333. The second-order valence-corrected chi connectivity index (χ2v) is 4.15. The molecule has 0 bridgehead atoms. The summed E-state index contributed by atoms with van der Waals surface area (Å²) in [5.74, 6) is -0.445. The molecule has 0 aliphatic heterocycles. The van der Waals surface area contributed by atoms with Gasteiger partial charge in [-0.2, -0.15) is 5.10 Å². The Morgan fingerprint density at radius 3 is 2.75 bits per heavy atom. The number of nitrogens with zero attached hydrogens (tertiary/aromatic N) is 2. The second kappa shape index (κ2) is 3.70. The van der Waals surface area contributed by atoms with Crippen LogP contribution in [0.2, 0.25) is 0 Å². The van der Waals surface area contributed by atoms with E-state index in [-0.39, 0.29) is 17.5 Å². The summed E-state index contributed by atoms with van der Waals surface area (Å²) >= 11 is 0. The number of carbonyl (C=O) groups excluding carboxylic acids is 1. The first-order chi connectivity index (χ1) is 7.50. The lowest BCUT2D eigenvalue weighted by molar-refractivity contribution is 0.0935. The Morgan fingerprint density at radius 1 is 1.44 bits per heavy atom. The number of hydrogen-bond donors (Lipinski definition) is 0. The minimum atomic E-state index is -0.320. The molecule has 84 valence electrons. The van der Waals surface area contributed by atoms with Gasteiger partial charge in [-0.05, 0) is 18.2 Å². The Bertz CT molecular complexity index is 557. The lowest BCUT2D eigenvalue weighted by atomic mass is 10.0. The van der Waals surface area contributed by atoms with Crippen molar-refractivity contribution >= 4 is 16.7 Å². The van der Waals surface area contributed by atoms with E-state index in [9.17, 15) is 9.18 Å². The maximum absolute atomic E-state index is 13.1. The molecule has 1 aromatic heterocycles. The molecule has 0 N–H and O–H groups in total. The largest absolute Gasteiger partial charge is 0.292 e. The van der Waals surface area contributed by atoms with Crippen molar-refractivity contribution in [2.45, 2.75) is 13.8 Å². The molecule has 2 aromatic rings. The average Bonchev–Trinajstić information content (AvgIpc) is 2.55. The minimum absolute atomic E-state index is 0.0165. The third kappa shape index (κ3) is 1.60. The van der Waals surface area contributed by atoms with Gasteiger partial charge in [0.15, 0.2) is 5.78 Å². The number of aromatic nitrogens is 2. The number of halogens is 1. The highest BCUT2D eigenvalue weighted by Gasteiger charge is 2.18. The number of ketones is 1. The lowest BCUT2D eigenvalue weighted by Crippen LogP contribution is -2.09. The lowest BCUT2D eigenvalue weighted by Gasteiger charge is -1.99. The summed E-state index contributed by atoms with van der Waals surface area (Å²) in [6.45, 7) is 3.65. The van der Waals surface area contributed by atoms with Crippen LogP contribution in [0.3, 0.4) is 0 Å². The Kier molecular flexibility index (Phi) is 2.50. The van der Waals surface area contributed by atoms with E-state index in [0.717, 1.165) is 0 Å². The SMILES string of the molecule is CC(C)C(=O)c1nn(C)c2cc(F)ccc12. The van der Waals surface area contributed by atoms with Crippen molar-refractivity contribution in [2.24, 2.45) is 13.0 Å². The highest BCUT2D eigenvalue weighted by Crippen LogP contribution is 2.21. The van der Waals surface area contributed by atoms with Crippen molar-refractivity contribution in [3.63, 3.8) is 0 Å². The predicted octanol–water partition coefficient (Wildman–Crippen LogP) is 2.55. The summed E-state index contributed by atoms with van der Waals surface area (Å²) < 4.78 is 14.6. The average molecular weight is 220 g/mol. The number of hydrogen-bond acceptors (Lipinski definition) is 2. The van der Waals surface area contributed by atoms with Crippen molar-refractivity contribution in [1.82, 2.24) is 9.78 Å². The Labute approximate surface area is 92.9 Å². The molecule has 0 amide bonds. The van der Waals surface area contributed by atoms with Crippen LogP contribution in [0, 0.1) is 11.7 Å². The first kappa shape index (κ1) is 10.8. The van der Waals surface area contributed by atoms with E-state index in [2.05, 4.69) is 5.10 Å². The smallest absolute Gasteiger partial charge is 0.186 e. The number of aryl methyl sites for hydroxylation is 1. The Morgan fingerprint density at radius 2 is 2.12 bits per heavy atom. The molecule has 0 radical (unpaired) electrons. The number of rotatable bonds is 2. The van der Waals surface area contributed by atoms with Gasteiger partial charge < -0.3 is 0 Å². The molecule has 0 fully saturated rings. The fourth-order valence-electron chi connectivity index (χ4n) is 1.69. The van der Waals surface area contributed by atoms with Crippen LogP contribution in [-0.2, 0) is 7.05 Å². The minimum Gasteiger partial charge on any atom is -0.292 e. The zero-order chi connectivity index (χ0) is 11.9. The summed E-state index contributed by atoms with van der Waals surface area (Å²) in [6, 6.07) is 4.34. The van der Waals surface area contributed by atoms with Gasteiger partial charge in [0, 0.05) is 18.4 Å². The number of carbonyl (C=O) groups is 1. The van der Waals surface area contributed by atoms with Gasteiger partial charge in [0.05, 0.1) is 5.52 Å². The first-order valence-corrected chi connectivity index (χ1v) is 5.17. The third-order valence-corrected chi connectivity index (χ3v) is 2.57. The van der Waals surface area contributed by atoms with Crippen LogP contribution < -0.4 is 0 Å². The second-order valence-electron chi connectivity index (χ2n) is 4.15. The number of fused-ring (bicyclic) bond motifs is 1. The molecule has 16 heavy (non-hydrogen) atoms.